The van der Waals surface area contributed by atoms with E-state index in [4.69, 9.17) is 4.42 Å². The smallest absolute Gasteiger partial charge is 0.273 e. The quantitative estimate of drug-likeness (QED) is 0.711. The fraction of sp³-hybridized carbons (Fsp3) is 0.792. The van der Waals surface area contributed by atoms with Crippen LogP contribution in [0.25, 0.3) is 0 Å². The van der Waals surface area contributed by atoms with E-state index in [9.17, 15) is 9.59 Å². The van der Waals surface area contributed by atoms with E-state index >= 15 is 0 Å². The van der Waals surface area contributed by atoms with Crippen molar-refractivity contribution in [3.05, 3.63) is 17.8 Å². The van der Waals surface area contributed by atoms with Gasteiger partial charge >= 0.3 is 0 Å². The summed E-state index contributed by atoms with van der Waals surface area (Å²) in [5.74, 6) is 0.746. The molecular formula is C24H37N3O3. The van der Waals surface area contributed by atoms with Crippen molar-refractivity contribution in [2.75, 3.05) is 0 Å². The van der Waals surface area contributed by atoms with Gasteiger partial charge in [0.15, 0.2) is 5.69 Å². The van der Waals surface area contributed by atoms with Crippen LogP contribution in [0.15, 0.2) is 10.7 Å². The van der Waals surface area contributed by atoms with E-state index in [2.05, 4.69) is 10.3 Å². The average Bonchev–Trinajstić information content (AvgIpc) is 3.28. The third kappa shape index (κ3) is 5.44. The number of carbonyl (C=O) groups is 2. The molecule has 1 heterocycles. The molecule has 6 heteroatoms. The molecule has 3 saturated carbocycles. The van der Waals surface area contributed by atoms with Crippen LogP contribution in [0.1, 0.15) is 113 Å². The maximum atomic E-state index is 13.4. The highest BCUT2D eigenvalue weighted by Crippen LogP contribution is 2.30. The minimum Gasteiger partial charge on any atom is -0.446 e. The minimum absolute atomic E-state index is 0.143. The lowest BCUT2D eigenvalue weighted by molar-refractivity contribution is -0.140. The van der Waals surface area contributed by atoms with Crippen LogP contribution in [-0.2, 0) is 11.3 Å². The van der Waals surface area contributed by atoms with Crippen LogP contribution in [0.3, 0.4) is 0 Å². The van der Waals surface area contributed by atoms with Gasteiger partial charge in [0, 0.05) is 18.0 Å². The molecule has 0 unspecified atom stereocenters. The van der Waals surface area contributed by atoms with Crippen LogP contribution >= 0.6 is 0 Å². The largest absolute Gasteiger partial charge is 0.446 e. The van der Waals surface area contributed by atoms with Gasteiger partial charge in [-0.15, -0.1) is 0 Å². The normalized spacial score (nSPS) is 22.0. The van der Waals surface area contributed by atoms with E-state index in [0.29, 0.717) is 18.1 Å². The molecule has 0 aromatic carbocycles. The van der Waals surface area contributed by atoms with Gasteiger partial charge in [0.05, 0.1) is 6.54 Å². The van der Waals surface area contributed by atoms with Gasteiger partial charge < -0.3 is 14.6 Å². The number of rotatable bonds is 6. The van der Waals surface area contributed by atoms with Crippen LogP contribution in [0.5, 0.6) is 0 Å². The third-order valence-corrected chi connectivity index (χ3v) is 7.28. The summed E-state index contributed by atoms with van der Waals surface area (Å²) in [5, 5.41) is 3.10. The first-order valence-corrected chi connectivity index (χ1v) is 12.3. The first kappa shape index (κ1) is 21.4. The second-order valence-electron chi connectivity index (χ2n) is 9.53. The maximum absolute atomic E-state index is 13.4. The van der Waals surface area contributed by atoms with Crippen molar-refractivity contribution < 1.29 is 14.0 Å². The molecule has 166 valence electrons. The number of amides is 2. The Balaban J connectivity index is 1.41. The summed E-state index contributed by atoms with van der Waals surface area (Å²) in [6.45, 7) is 0.386. The molecule has 2 amide bonds. The van der Waals surface area contributed by atoms with Crippen molar-refractivity contribution in [2.45, 2.75) is 115 Å². The minimum atomic E-state index is -0.153. The predicted molar refractivity (Wildman–Crippen MR) is 115 cm³/mol. The Morgan fingerprint density at radius 2 is 1.50 bits per heavy atom. The third-order valence-electron chi connectivity index (χ3n) is 7.28. The number of hydrogen-bond acceptors (Lipinski definition) is 4. The van der Waals surface area contributed by atoms with E-state index < -0.39 is 0 Å². The Bertz CT molecular complexity index is 698. The zero-order valence-electron chi connectivity index (χ0n) is 18.2. The van der Waals surface area contributed by atoms with E-state index in [1.165, 1.54) is 51.2 Å². The fourth-order valence-electron chi connectivity index (χ4n) is 5.50. The summed E-state index contributed by atoms with van der Waals surface area (Å²) in [6, 6.07) is 0.526. The predicted octanol–water partition coefficient (Wildman–Crippen LogP) is 4.98. The van der Waals surface area contributed by atoms with Gasteiger partial charge in [0.1, 0.15) is 6.26 Å². The van der Waals surface area contributed by atoms with Crippen molar-refractivity contribution in [1.82, 2.24) is 15.2 Å². The Morgan fingerprint density at radius 1 is 0.900 bits per heavy atom. The van der Waals surface area contributed by atoms with Crippen molar-refractivity contribution in [3.63, 3.8) is 0 Å². The molecule has 0 aliphatic heterocycles. The number of nitrogens with one attached hydrogen (secondary N) is 1. The molecular weight excluding hydrogens is 378 g/mol. The molecule has 0 bridgehead atoms. The summed E-state index contributed by atoms with van der Waals surface area (Å²) in [5.41, 5.74) is 0.337. The molecule has 3 aliphatic rings. The molecule has 3 aliphatic carbocycles. The van der Waals surface area contributed by atoms with Crippen LogP contribution in [0, 0.1) is 5.92 Å². The van der Waals surface area contributed by atoms with Crippen LogP contribution in [-0.4, -0.2) is 33.8 Å². The van der Waals surface area contributed by atoms with E-state index in [1.54, 1.807) is 0 Å². The number of aromatic nitrogens is 1. The Morgan fingerprint density at radius 3 is 2.17 bits per heavy atom. The second-order valence-corrected chi connectivity index (χ2v) is 9.53. The maximum Gasteiger partial charge on any atom is 0.273 e. The molecule has 3 fully saturated rings. The molecule has 0 saturated heterocycles. The molecule has 0 atom stereocenters. The first-order chi connectivity index (χ1) is 14.7. The van der Waals surface area contributed by atoms with E-state index in [1.807, 2.05) is 4.90 Å². The highest BCUT2D eigenvalue weighted by molar-refractivity contribution is 5.92. The van der Waals surface area contributed by atoms with E-state index in [-0.39, 0.29) is 29.8 Å². The van der Waals surface area contributed by atoms with Gasteiger partial charge in [-0.2, -0.15) is 0 Å². The first-order valence-electron chi connectivity index (χ1n) is 12.3. The molecule has 1 aromatic rings. The molecule has 4 rings (SSSR count). The van der Waals surface area contributed by atoms with Gasteiger partial charge in [0.25, 0.3) is 5.91 Å². The van der Waals surface area contributed by atoms with Crippen molar-refractivity contribution in [1.29, 1.82) is 0 Å². The van der Waals surface area contributed by atoms with E-state index in [0.717, 1.165) is 51.4 Å². The number of oxazole rings is 1. The van der Waals surface area contributed by atoms with Gasteiger partial charge in [-0.25, -0.2) is 4.98 Å². The lowest BCUT2D eigenvalue weighted by atomic mass is 9.86. The Hall–Kier alpha value is -1.85. The highest BCUT2D eigenvalue weighted by atomic mass is 16.3. The highest BCUT2D eigenvalue weighted by Gasteiger charge is 2.32. The second kappa shape index (κ2) is 10.5. The zero-order valence-corrected chi connectivity index (χ0v) is 18.2. The number of hydrogen-bond donors (Lipinski definition) is 1. The van der Waals surface area contributed by atoms with Gasteiger partial charge in [-0.1, -0.05) is 57.8 Å². The molecule has 1 N–H and O–H groups in total. The number of nitrogens with zero attached hydrogens (tertiary/aromatic N) is 2. The molecule has 0 radical (unpaired) electrons. The standard InChI is InChI=1S/C24H37N3O3/c28-23(25-19-12-6-2-7-13-19)21-17-30-22(26-21)16-27(20-14-8-3-9-15-20)24(29)18-10-4-1-5-11-18/h17-20H,1-16H2,(H,25,28). The average molecular weight is 416 g/mol. The van der Waals surface area contributed by atoms with Crippen LogP contribution in [0.2, 0.25) is 0 Å². The van der Waals surface area contributed by atoms with Crippen LogP contribution in [0.4, 0.5) is 0 Å². The summed E-state index contributed by atoms with van der Waals surface area (Å²) in [4.78, 5) is 32.5. The monoisotopic (exact) mass is 415 g/mol. The molecule has 1 aromatic heterocycles. The SMILES string of the molecule is O=C(NC1CCCCC1)c1coc(CN(C(=O)C2CCCCC2)C2CCCCC2)n1. The van der Waals surface area contributed by atoms with Crippen LogP contribution < -0.4 is 5.32 Å². The van der Waals surface area contributed by atoms with Crippen molar-refractivity contribution in [3.8, 4) is 0 Å². The van der Waals surface area contributed by atoms with Gasteiger partial charge in [-0.05, 0) is 38.5 Å². The van der Waals surface area contributed by atoms with Crippen molar-refractivity contribution >= 4 is 11.8 Å². The van der Waals surface area contributed by atoms with Crippen molar-refractivity contribution in [2.24, 2.45) is 5.92 Å². The number of carbonyl (C=O) groups excluding carboxylic acids is 2. The summed E-state index contributed by atoms with van der Waals surface area (Å²) in [6.07, 6.45) is 18.4. The molecule has 0 spiro atoms. The van der Waals surface area contributed by atoms with Gasteiger partial charge in [0.2, 0.25) is 11.8 Å². The molecule has 30 heavy (non-hydrogen) atoms. The summed E-state index contributed by atoms with van der Waals surface area (Å²) in [7, 11) is 0. The Kier molecular flexibility index (Phi) is 7.45. The Labute approximate surface area is 180 Å². The topological polar surface area (TPSA) is 75.4 Å². The lowest BCUT2D eigenvalue weighted by Gasteiger charge is -2.36. The fourth-order valence-corrected chi connectivity index (χ4v) is 5.50. The molecule has 6 nitrogen and oxygen atoms in total. The summed E-state index contributed by atoms with van der Waals surface area (Å²) < 4.78 is 5.67. The zero-order chi connectivity index (χ0) is 20.8. The summed E-state index contributed by atoms with van der Waals surface area (Å²) >= 11 is 0. The van der Waals surface area contributed by atoms with Gasteiger partial charge in [-0.3, -0.25) is 9.59 Å². The lowest BCUT2D eigenvalue weighted by Crippen LogP contribution is -2.44.